The molecule has 0 bridgehead atoms. The van der Waals surface area contributed by atoms with Gasteiger partial charge in [0, 0.05) is 12.1 Å². The molecule has 0 saturated heterocycles. The van der Waals surface area contributed by atoms with Crippen LogP contribution in [0.25, 0.3) is 10.2 Å². The third-order valence-electron chi connectivity index (χ3n) is 5.30. The minimum Gasteiger partial charge on any atom is -0.495 e. The van der Waals surface area contributed by atoms with E-state index in [1.54, 1.807) is 14.2 Å². The Labute approximate surface area is 168 Å². The van der Waals surface area contributed by atoms with Crippen LogP contribution in [-0.4, -0.2) is 24.7 Å². The molecule has 0 unspecified atom stereocenters. The van der Waals surface area contributed by atoms with Crippen LogP contribution in [0.4, 0.5) is 0 Å². The molecule has 1 aliphatic carbocycles. The van der Waals surface area contributed by atoms with Crippen molar-refractivity contribution < 1.29 is 14.3 Å². The quantitative estimate of drug-likeness (QED) is 0.658. The van der Waals surface area contributed by atoms with E-state index in [1.807, 2.05) is 35.8 Å². The van der Waals surface area contributed by atoms with Gasteiger partial charge in [0.1, 0.15) is 21.7 Å². The summed E-state index contributed by atoms with van der Waals surface area (Å²) in [6, 6.07) is 9.77. The molecule has 0 radical (unpaired) electrons. The molecular weight excluding hydrogens is 372 g/mol. The zero-order valence-electron chi connectivity index (χ0n) is 16.4. The van der Waals surface area contributed by atoms with Gasteiger partial charge in [-0.25, -0.2) is 0 Å². The first-order chi connectivity index (χ1) is 13.7. The number of rotatable bonds is 4. The highest BCUT2D eigenvalue weighted by atomic mass is 32.1. The third kappa shape index (κ3) is 3.22. The van der Waals surface area contributed by atoms with Crippen LogP contribution in [0.15, 0.2) is 35.3 Å². The van der Waals surface area contributed by atoms with Crippen molar-refractivity contribution in [3.8, 4) is 11.5 Å². The van der Waals surface area contributed by atoms with Crippen molar-refractivity contribution in [1.82, 2.24) is 4.57 Å². The zero-order valence-corrected chi connectivity index (χ0v) is 17.3. The minimum atomic E-state index is -0.208. The molecule has 0 spiro atoms. The number of hydrogen-bond donors (Lipinski definition) is 0. The number of nitrogens with zero attached hydrogens (tertiary/aromatic N) is 2. The number of hydrogen-bond acceptors (Lipinski definition) is 4. The fraction of sp³-hybridized carbons (Fsp3) is 0.364. The van der Waals surface area contributed by atoms with Crippen molar-refractivity contribution in [2.45, 2.75) is 39.2 Å². The topological polar surface area (TPSA) is 52.8 Å². The van der Waals surface area contributed by atoms with E-state index in [4.69, 9.17) is 9.47 Å². The van der Waals surface area contributed by atoms with Gasteiger partial charge in [-0.2, -0.15) is 4.99 Å². The average molecular weight is 397 g/mol. The maximum absolute atomic E-state index is 12.9. The minimum absolute atomic E-state index is 0.208. The summed E-state index contributed by atoms with van der Waals surface area (Å²) < 4.78 is 14.0. The Morgan fingerprint density at radius 2 is 1.79 bits per heavy atom. The molecular formula is C22H24N2O3S. The van der Waals surface area contributed by atoms with E-state index in [9.17, 15) is 4.79 Å². The first-order valence-corrected chi connectivity index (χ1v) is 10.4. The monoisotopic (exact) mass is 396 g/mol. The summed E-state index contributed by atoms with van der Waals surface area (Å²) in [5, 5.41) is 0. The van der Waals surface area contributed by atoms with Crippen molar-refractivity contribution in [2.75, 3.05) is 14.2 Å². The molecule has 5 nitrogen and oxygen atoms in total. The van der Waals surface area contributed by atoms with Gasteiger partial charge in [0.25, 0.3) is 5.91 Å². The number of carbonyl (C=O) groups is 1. The molecule has 3 aromatic rings. The summed E-state index contributed by atoms with van der Waals surface area (Å²) in [7, 11) is 3.29. The van der Waals surface area contributed by atoms with Gasteiger partial charge in [0.15, 0.2) is 4.80 Å². The van der Waals surface area contributed by atoms with E-state index in [0.717, 1.165) is 34.6 Å². The largest absolute Gasteiger partial charge is 0.495 e. The Hall–Kier alpha value is -2.60. The van der Waals surface area contributed by atoms with Gasteiger partial charge in [0.05, 0.1) is 14.2 Å². The number of fused-ring (bicyclic) bond motifs is 2. The Morgan fingerprint density at radius 1 is 1.07 bits per heavy atom. The summed E-state index contributed by atoms with van der Waals surface area (Å²) in [5.74, 6) is 1.29. The Balaban J connectivity index is 1.84. The van der Waals surface area contributed by atoms with Crippen LogP contribution in [-0.2, 0) is 19.4 Å². The summed E-state index contributed by atoms with van der Waals surface area (Å²) in [4.78, 5) is 18.0. The van der Waals surface area contributed by atoms with Crippen LogP contribution >= 0.6 is 11.3 Å². The van der Waals surface area contributed by atoms with Gasteiger partial charge in [-0.1, -0.05) is 17.4 Å². The standard InChI is InChI=1S/C22H24N2O3S/c1-4-24-19-17(26-2)11-12-18(27-3)20(19)28-22(24)23-21(25)16-10-9-14-7-5-6-8-15(14)13-16/h9-13H,4-8H2,1-3H3. The highest BCUT2D eigenvalue weighted by molar-refractivity contribution is 7.16. The molecule has 28 heavy (non-hydrogen) atoms. The van der Waals surface area contributed by atoms with Gasteiger partial charge in [0.2, 0.25) is 0 Å². The highest BCUT2D eigenvalue weighted by Gasteiger charge is 2.17. The first-order valence-electron chi connectivity index (χ1n) is 9.61. The number of carbonyl (C=O) groups excluding carboxylic acids is 1. The van der Waals surface area contributed by atoms with E-state index in [0.29, 0.717) is 16.9 Å². The molecule has 1 heterocycles. The number of ether oxygens (including phenoxy) is 2. The van der Waals surface area contributed by atoms with Crippen LogP contribution in [0.1, 0.15) is 41.3 Å². The Morgan fingerprint density at radius 3 is 2.50 bits per heavy atom. The fourth-order valence-electron chi connectivity index (χ4n) is 3.85. The first kappa shape index (κ1) is 18.7. The molecule has 6 heteroatoms. The van der Waals surface area contributed by atoms with E-state index >= 15 is 0 Å². The van der Waals surface area contributed by atoms with Crippen molar-refractivity contribution >= 4 is 27.5 Å². The molecule has 146 valence electrons. The number of aromatic nitrogens is 1. The van der Waals surface area contributed by atoms with Gasteiger partial charge in [-0.3, -0.25) is 4.79 Å². The predicted octanol–water partition coefficient (Wildman–Crippen LogP) is 4.36. The lowest BCUT2D eigenvalue weighted by Gasteiger charge is -2.15. The van der Waals surface area contributed by atoms with Crippen LogP contribution in [0.5, 0.6) is 11.5 Å². The Kier molecular flexibility index (Phi) is 5.22. The van der Waals surface area contributed by atoms with Crippen molar-refractivity contribution in [3.05, 3.63) is 51.8 Å². The number of aryl methyl sites for hydroxylation is 3. The maximum atomic E-state index is 12.9. The van der Waals surface area contributed by atoms with Crippen LogP contribution in [0.2, 0.25) is 0 Å². The van der Waals surface area contributed by atoms with E-state index < -0.39 is 0 Å². The molecule has 2 aromatic carbocycles. The smallest absolute Gasteiger partial charge is 0.279 e. The Bertz CT molecular complexity index is 1110. The highest BCUT2D eigenvalue weighted by Crippen LogP contribution is 2.35. The van der Waals surface area contributed by atoms with E-state index in [1.165, 1.54) is 35.3 Å². The second-order valence-electron chi connectivity index (χ2n) is 6.88. The molecule has 1 aromatic heterocycles. The molecule has 0 atom stereocenters. The normalized spacial score (nSPS) is 14.2. The average Bonchev–Trinajstić information content (AvgIpc) is 3.10. The molecule has 0 aliphatic heterocycles. The maximum Gasteiger partial charge on any atom is 0.279 e. The van der Waals surface area contributed by atoms with Crippen LogP contribution < -0.4 is 14.3 Å². The fourth-order valence-corrected chi connectivity index (χ4v) is 5.05. The lowest BCUT2D eigenvalue weighted by atomic mass is 9.90. The second kappa shape index (κ2) is 7.80. The van der Waals surface area contributed by atoms with Crippen LogP contribution in [0, 0.1) is 0 Å². The van der Waals surface area contributed by atoms with Gasteiger partial charge >= 0.3 is 0 Å². The number of thiazole rings is 1. The summed E-state index contributed by atoms with van der Waals surface area (Å²) in [6.45, 7) is 2.72. The van der Waals surface area contributed by atoms with Crippen molar-refractivity contribution in [3.63, 3.8) is 0 Å². The molecule has 0 saturated carbocycles. The zero-order chi connectivity index (χ0) is 19.7. The van der Waals surface area contributed by atoms with Crippen molar-refractivity contribution in [2.24, 2.45) is 4.99 Å². The van der Waals surface area contributed by atoms with Crippen LogP contribution in [0.3, 0.4) is 0 Å². The predicted molar refractivity (Wildman–Crippen MR) is 112 cm³/mol. The molecule has 1 aliphatic rings. The lowest BCUT2D eigenvalue weighted by molar-refractivity contribution is 0.0997. The second-order valence-corrected chi connectivity index (χ2v) is 7.86. The number of methoxy groups -OCH3 is 2. The summed E-state index contributed by atoms with van der Waals surface area (Å²) >= 11 is 1.45. The van der Waals surface area contributed by atoms with Crippen molar-refractivity contribution in [1.29, 1.82) is 0 Å². The lowest BCUT2D eigenvalue weighted by Crippen LogP contribution is -2.16. The number of amides is 1. The summed E-state index contributed by atoms with van der Waals surface area (Å²) in [6.07, 6.45) is 4.57. The molecule has 0 N–H and O–H groups in total. The molecule has 4 rings (SSSR count). The van der Waals surface area contributed by atoms with Gasteiger partial charge in [-0.05, 0) is 68.0 Å². The molecule has 1 amide bonds. The molecule has 0 fully saturated rings. The SMILES string of the molecule is CCn1c(=NC(=O)c2ccc3c(c2)CCCC3)sc2c(OC)ccc(OC)c21. The van der Waals surface area contributed by atoms with E-state index in [-0.39, 0.29) is 5.91 Å². The van der Waals surface area contributed by atoms with E-state index in [2.05, 4.69) is 11.1 Å². The third-order valence-corrected chi connectivity index (χ3v) is 6.39. The van der Waals surface area contributed by atoms with Gasteiger partial charge < -0.3 is 14.0 Å². The summed E-state index contributed by atoms with van der Waals surface area (Å²) in [5.41, 5.74) is 4.21. The number of benzene rings is 2. The van der Waals surface area contributed by atoms with Gasteiger partial charge in [-0.15, -0.1) is 0 Å².